The van der Waals surface area contributed by atoms with E-state index in [1.165, 1.54) is 12.8 Å². The van der Waals surface area contributed by atoms with Crippen molar-refractivity contribution < 1.29 is 13.6 Å². The fourth-order valence-electron chi connectivity index (χ4n) is 2.20. The summed E-state index contributed by atoms with van der Waals surface area (Å²) in [5.74, 6) is -2.42. The Morgan fingerprint density at radius 3 is 2.25 bits per heavy atom. The maximum absolute atomic E-state index is 12.2. The van der Waals surface area contributed by atoms with Crippen LogP contribution in [-0.2, 0) is 0 Å². The Labute approximate surface area is 121 Å². The summed E-state index contributed by atoms with van der Waals surface area (Å²) in [5.41, 5.74) is 0.637. The zero-order valence-corrected chi connectivity index (χ0v) is 12.0. The van der Waals surface area contributed by atoms with Gasteiger partial charge in [-0.15, -0.1) is 0 Å². The fourth-order valence-corrected chi connectivity index (χ4v) is 2.69. The summed E-state index contributed by atoms with van der Waals surface area (Å²) in [6, 6.07) is 6.38. The molecule has 0 radical (unpaired) electrons. The zero-order chi connectivity index (χ0) is 14.4. The summed E-state index contributed by atoms with van der Waals surface area (Å²) in [6.07, 6.45) is 4.42. The van der Waals surface area contributed by atoms with Crippen LogP contribution in [0.2, 0.25) is 0 Å². The van der Waals surface area contributed by atoms with E-state index in [2.05, 4.69) is 5.32 Å². The average molecular weight is 300 g/mol. The molecule has 2 amide bonds. The number of thioether (sulfide) groups is 1. The van der Waals surface area contributed by atoms with Crippen molar-refractivity contribution >= 4 is 23.5 Å². The number of rotatable bonds is 3. The van der Waals surface area contributed by atoms with Crippen LogP contribution >= 0.6 is 11.8 Å². The zero-order valence-electron chi connectivity index (χ0n) is 11.1. The molecule has 1 aromatic rings. The van der Waals surface area contributed by atoms with Gasteiger partial charge in [-0.1, -0.05) is 24.6 Å². The Kier molecular flexibility index (Phi) is 5.64. The van der Waals surface area contributed by atoms with E-state index >= 15 is 0 Å². The number of carbonyl (C=O) groups is 1. The molecule has 0 spiro atoms. The van der Waals surface area contributed by atoms with Crippen molar-refractivity contribution in [3.8, 4) is 0 Å². The largest absolute Gasteiger partial charge is 0.325 e. The number of likely N-dealkylation sites (tertiary alicyclic amines) is 1. The number of hydrogen-bond donors (Lipinski definition) is 1. The smallest absolute Gasteiger partial charge is 0.321 e. The van der Waals surface area contributed by atoms with E-state index in [0.717, 1.165) is 25.9 Å². The number of nitrogens with one attached hydrogen (secondary N) is 1. The Morgan fingerprint density at radius 1 is 1.10 bits per heavy atom. The fraction of sp³-hybridized carbons (Fsp3) is 0.500. The molecule has 1 aliphatic rings. The summed E-state index contributed by atoms with van der Waals surface area (Å²) in [5, 5.41) is 2.81. The van der Waals surface area contributed by atoms with Gasteiger partial charge >= 0.3 is 6.03 Å². The van der Waals surface area contributed by atoms with Gasteiger partial charge < -0.3 is 10.2 Å². The van der Waals surface area contributed by atoms with Gasteiger partial charge in [0.15, 0.2) is 0 Å². The van der Waals surface area contributed by atoms with Crippen molar-refractivity contribution in [3.05, 3.63) is 24.3 Å². The van der Waals surface area contributed by atoms with Crippen LogP contribution < -0.4 is 5.32 Å². The molecule has 0 aromatic heterocycles. The highest BCUT2D eigenvalue weighted by atomic mass is 32.2. The van der Waals surface area contributed by atoms with Crippen LogP contribution in [0.5, 0.6) is 0 Å². The number of carbonyl (C=O) groups excluding carboxylic acids is 1. The molecule has 1 heterocycles. The molecular weight excluding hydrogens is 282 g/mol. The monoisotopic (exact) mass is 300 g/mol. The molecule has 0 aliphatic carbocycles. The van der Waals surface area contributed by atoms with Crippen LogP contribution in [0.3, 0.4) is 0 Å². The summed E-state index contributed by atoms with van der Waals surface area (Å²) in [7, 11) is 0. The maximum atomic E-state index is 12.2. The van der Waals surface area contributed by atoms with Gasteiger partial charge in [-0.3, -0.25) is 0 Å². The standard InChI is InChI=1S/C14H18F2N2OS/c15-13(16)20-12-7-5-11(6-8-12)17-14(19)18-9-3-1-2-4-10-18/h5-8,13H,1-4,9-10H2,(H,17,19). The first-order valence-corrected chi connectivity index (χ1v) is 7.64. The second kappa shape index (κ2) is 7.47. The molecule has 1 saturated heterocycles. The Morgan fingerprint density at radius 2 is 1.70 bits per heavy atom. The van der Waals surface area contributed by atoms with Crippen LogP contribution in [0.1, 0.15) is 25.7 Å². The normalized spacial score (nSPS) is 16.1. The summed E-state index contributed by atoms with van der Waals surface area (Å²) >= 11 is 0.500. The summed E-state index contributed by atoms with van der Waals surface area (Å²) < 4.78 is 24.4. The van der Waals surface area contributed by atoms with E-state index in [4.69, 9.17) is 0 Å². The summed E-state index contributed by atoms with van der Waals surface area (Å²) in [6.45, 7) is 1.57. The SMILES string of the molecule is O=C(Nc1ccc(SC(F)F)cc1)N1CCCCCC1. The van der Waals surface area contributed by atoms with Crippen LogP contribution in [0.25, 0.3) is 0 Å². The molecule has 2 rings (SSSR count). The first-order valence-electron chi connectivity index (χ1n) is 6.76. The van der Waals surface area contributed by atoms with E-state index in [1.807, 2.05) is 4.90 Å². The van der Waals surface area contributed by atoms with Gasteiger partial charge in [0.25, 0.3) is 5.76 Å². The minimum Gasteiger partial charge on any atom is -0.325 e. The molecule has 6 heteroatoms. The number of urea groups is 1. The molecule has 1 fully saturated rings. The van der Waals surface area contributed by atoms with E-state index in [9.17, 15) is 13.6 Å². The van der Waals surface area contributed by atoms with Crippen molar-refractivity contribution in [2.45, 2.75) is 36.3 Å². The molecule has 1 N–H and O–H groups in total. The highest BCUT2D eigenvalue weighted by molar-refractivity contribution is 7.99. The third-order valence-electron chi connectivity index (χ3n) is 3.22. The second-order valence-electron chi connectivity index (χ2n) is 4.73. The summed E-state index contributed by atoms with van der Waals surface area (Å²) in [4.78, 5) is 14.4. The number of nitrogens with zero attached hydrogens (tertiary/aromatic N) is 1. The van der Waals surface area contributed by atoms with E-state index < -0.39 is 5.76 Å². The molecule has 0 unspecified atom stereocenters. The lowest BCUT2D eigenvalue weighted by Crippen LogP contribution is -2.35. The van der Waals surface area contributed by atoms with Gasteiger partial charge in [-0.2, -0.15) is 8.78 Å². The molecule has 0 bridgehead atoms. The van der Waals surface area contributed by atoms with Gasteiger partial charge in [0.05, 0.1) is 0 Å². The highest BCUT2D eigenvalue weighted by Crippen LogP contribution is 2.26. The van der Waals surface area contributed by atoms with Crippen molar-refractivity contribution in [1.82, 2.24) is 4.90 Å². The molecule has 1 aliphatic heterocycles. The van der Waals surface area contributed by atoms with Crippen molar-refractivity contribution in [3.63, 3.8) is 0 Å². The minimum atomic E-state index is -2.42. The van der Waals surface area contributed by atoms with Gasteiger partial charge in [-0.05, 0) is 37.1 Å². The minimum absolute atomic E-state index is 0.110. The number of hydrogen-bond acceptors (Lipinski definition) is 2. The molecule has 0 atom stereocenters. The van der Waals surface area contributed by atoms with Gasteiger partial charge in [0.2, 0.25) is 0 Å². The highest BCUT2D eigenvalue weighted by Gasteiger charge is 2.15. The predicted molar refractivity (Wildman–Crippen MR) is 77.4 cm³/mol. The van der Waals surface area contributed by atoms with Crippen LogP contribution in [0, 0.1) is 0 Å². The quantitative estimate of drug-likeness (QED) is 0.839. The second-order valence-corrected chi connectivity index (χ2v) is 5.80. The number of anilines is 1. The number of alkyl halides is 2. The lowest BCUT2D eigenvalue weighted by Gasteiger charge is -2.20. The lowest BCUT2D eigenvalue weighted by atomic mass is 10.2. The van der Waals surface area contributed by atoms with Gasteiger partial charge in [0, 0.05) is 23.7 Å². The maximum Gasteiger partial charge on any atom is 0.321 e. The molecule has 3 nitrogen and oxygen atoms in total. The Hall–Kier alpha value is -1.30. The van der Waals surface area contributed by atoms with E-state index in [0.29, 0.717) is 22.3 Å². The molecule has 0 saturated carbocycles. The van der Waals surface area contributed by atoms with Crippen LogP contribution in [0.4, 0.5) is 19.3 Å². The van der Waals surface area contributed by atoms with E-state index in [1.54, 1.807) is 24.3 Å². The number of amides is 2. The van der Waals surface area contributed by atoms with Crippen LogP contribution in [0.15, 0.2) is 29.2 Å². The van der Waals surface area contributed by atoms with Gasteiger partial charge in [-0.25, -0.2) is 4.79 Å². The number of halogens is 2. The first kappa shape index (κ1) is 15.1. The Balaban J connectivity index is 1.90. The van der Waals surface area contributed by atoms with Crippen LogP contribution in [-0.4, -0.2) is 29.8 Å². The number of benzene rings is 1. The van der Waals surface area contributed by atoms with Gasteiger partial charge in [0.1, 0.15) is 0 Å². The molecule has 20 heavy (non-hydrogen) atoms. The molecule has 110 valence electrons. The third-order valence-corrected chi connectivity index (χ3v) is 3.95. The predicted octanol–water partition coefficient (Wildman–Crippen LogP) is 4.41. The van der Waals surface area contributed by atoms with Crippen molar-refractivity contribution in [2.75, 3.05) is 18.4 Å². The topological polar surface area (TPSA) is 32.3 Å². The van der Waals surface area contributed by atoms with Crippen molar-refractivity contribution in [1.29, 1.82) is 0 Å². The Bertz CT molecular complexity index is 431. The molecule has 1 aromatic carbocycles. The molecular formula is C14H18F2N2OS. The van der Waals surface area contributed by atoms with Crippen molar-refractivity contribution in [2.24, 2.45) is 0 Å². The third kappa shape index (κ3) is 4.67. The lowest BCUT2D eigenvalue weighted by molar-refractivity contribution is 0.214. The average Bonchev–Trinajstić information content (AvgIpc) is 2.69. The first-order chi connectivity index (χ1) is 9.65. The van der Waals surface area contributed by atoms with E-state index in [-0.39, 0.29) is 6.03 Å².